The molecule has 110 valence electrons. The second-order valence-corrected chi connectivity index (χ2v) is 4.65. The lowest BCUT2D eigenvalue weighted by Crippen LogP contribution is -2.28. The van der Waals surface area contributed by atoms with Crippen LogP contribution < -0.4 is 15.8 Å². The molecule has 2 aromatic carbocycles. The van der Waals surface area contributed by atoms with Crippen LogP contribution in [0.3, 0.4) is 0 Å². The number of nitrogens with two attached hydrogens (primary N) is 1. The molecule has 2 aromatic rings. The fourth-order valence-electron chi connectivity index (χ4n) is 1.86. The molecule has 0 unspecified atom stereocenters. The van der Waals surface area contributed by atoms with Crippen LogP contribution in [0.4, 0.5) is 10.1 Å². The van der Waals surface area contributed by atoms with E-state index in [1.165, 1.54) is 12.1 Å². The monoisotopic (exact) mass is 288 g/mol. The van der Waals surface area contributed by atoms with Crippen LogP contribution in [0.25, 0.3) is 0 Å². The van der Waals surface area contributed by atoms with E-state index in [-0.39, 0.29) is 11.3 Å². The van der Waals surface area contributed by atoms with Crippen LogP contribution in [0.15, 0.2) is 42.5 Å². The van der Waals surface area contributed by atoms with E-state index in [0.29, 0.717) is 13.2 Å². The molecule has 0 radical (unpaired) electrons. The molecule has 0 saturated heterocycles. The van der Waals surface area contributed by atoms with Gasteiger partial charge in [-0.3, -0.25) is 4.79 Å². The molecule has 4 nitrogen and oxygen atoms in total. The number of benzene rings is 2. The number of carbonyl (C=O) groups is 1. The molecule has 21 heavy (non-hydrogen) atoms. The number of ether oxygens (including phenoxy) is 1. The lowest BCUT2D eigenvalue weighted by Gasteiger charge is -2.09. The first-order valence-electron chi connectivity index (χ1n) is 6.59. The summed E-state index contributed by atoms with van der Waals surface area (Å²) in [6.45, 7) is 2.61. The van der Waals surface area contributed by atoms with Crippen LogP contribution in [0.1, 0.15) is 15.9 Å². The highest BCUT2D eigenvalue weighted by molar-refractivity contribution is 5.99. The summed E-state index contributed by atoms with van der Waals surface area (Å²) in [5.41, 5.74) is 7.12. The average molecular weight is 288 g/mol. The van der Waals surface area contributed by atoms with E-state index in [1.807, 2.05) is 31.2 Å². The van der Waals surface area contributed by atoms with E-state index >= 15 is 0 Å². The standard InChI is InChI=1S/C16H17FN2O2/c1-11-3-2-4-13(9-11)21-8-7-19-16(20)14-10-12(17)5-6-15(14)18/h2-6,9-10H,7-8,18H2,1H3,(H,19,20). The van der Waals surface area contributed by atoms with Crippen LogP contribution in [0, 0.1) is 12.7 Å². The molecule has 0 aliphatic rings. The molecule has 0 atom stereocenters. The maximum absolute atomic E-state index is 13.1. The van der Waals surface area contributed by atoms with Gasteiger partial charge in [-0.2, -0.15) is 0 Å². The summed E-state index contributed by atoms with van der Waals surface area (Å²) in [4.78, 5) is 11.9. The van der Waals surface area contributed by atoms with E-state index in [2.05, 4.69) is 5.32 Å². The van der Waals surface area contributed by atoms with Crippen molar-refractivity contribution in [2.75, 3.05) is 18.9 Å². The van der Waals surface area contributed by atoms with Crippen molar-refractivity contribution in [1.29, 1.82) is 0 Å². The van der Waals surface area contributed by atoms with Gasteiger partial charge in [-0.25, -0.2) is 4.39 Å². The van der Waals surface area contributed by atoms with Gasteiger partial charge in [0, 0.05) is 5.69 Å². The maximum Gasteiger partial charge on any atom is 0.253 e. The first-order valence-corrected chi connectivity index (χ1v) is 6.59. The lowest BCUT2D eigenvalue weighted by atomic mass is 10.1. The third-order valence-electron chi connectivity index (χ3n) is 2.91. The molecule has 0 aliphatic carbocycles. The van der Waals surface area contributed by atoms with Gasteiger partial charge in [0.25, 0.3) is 5.91 Å². The maximum atomic E-state index is 13.1. The van der Waals surface area contributed by atoms with Crippen molar-refractivity contribution in [2.45, 2.75) is 6.92 Å². The van der Waals surface area contributed by atoms with Crippen molar-refractivity contribution >= 4 is 11.6 Å². The largest absolute Gasteiger partial charge is 0.492 e. The summed E-state index contributed by atoms with van der Waals surface area (Å²) in [6.07, 6.45) is 0. The van der Waals surface area contributed by atoms with Crippen LogP contribution in [-0.2, 0) is 0 Å². The zero-order chi connectivity index (χ0) is 15.2. The summed E-state index contributed by atoms with van der Waals surface area (Å²) in [5, 5.41) is 2.64. The number of halogens is 1. The van der Waals surface area contributed by atoms with Gasteiger partial charge in [-0.05, 0) is 42.8 Å². The van der Waals surface area contributed by atoms with E-state index in [9.17, 15) is 9.18 Å². The van der Waals surface area contributed by atoms with Crippen molar-refractivity contribution < 1.29 is 13.9 Å². The van der Waals surface area contributed by atoms with Crippen LogP contribution in [0.5, 0.6) is 5.75 Å². The highest BCUT2D eigenvalue weighted by Crippen LogP contribution is 2.13. The SMILES string of the molecule is Cc1cccc(OCCNC(=O)c2cc(F)ccc2N)c1. The predicted octanol–water partition coefficient (Wildman–Crippen LogP) is 2.53. The van der Waals surface area contributed by atoms with Gasteiger partial charge in [-0.15, -0.1) is 0 Å². The van der Waals surface area contributed by atoms with E-state index in [4.69, 9.17) is 10.5 Å². The van der Waals surface area contributed by atoms with Gasteiger partial charge < -0.3 is 15.8 Å². The van der Waals surface area contributed by atoms with Crippen LogP contribution in [0.2, 0.25) is 0 Å². The number of anilines is 1. The summed E-state index contributed by atoms with van der Waals surface area (Å²) in [7, 11) is 0. The summed E-state index contributed by atoms with van der Waals surface area (Å²) >= 11 is 0. The Hall–Kier alpha value is -2.56. The Morgan fingerprint density at radius 2 is 2.10 bits per heavy atom. The summed E-state index contributed by atoms with van der Waals surface area (Å²) in [5.74, 6) is -0.167. The van der Waals surface area contributed by atoms with Crippen LogP contribution in [-0.4, -0.2) is 19.1 Å². The Kier molecular flexibility index (Phi) is 4.77. The van der Waals surface area contributed by atoms with Crippen LogP contribution >= 0.6 is 0 Å². The van der Waals surface area contributed by atoms with Crippen molar-refractivity contribution in [2.24, 2.45) is 0 Å². The molecule has 0 heterocycles. The Labute approximate surface area is 122 Å². The van der Waals surface area contributed by atoms with Gasteiger partial charge in [0.2, 0.25) is 0 Å². The number of amides is 1. The van der Waals surface area contributed by atoms with Crippen molar-refractivity contribution in [3.8, 4) is 5.75 Å². The minimum Gasteiger partial charge on any atom is -0.492 e. The number of carbonyl (C=O) groups excluding carboxylic acids is 1. The first kappa shape index (κ1) is 14.8. The minimum absolute atomic E-state index is 0.130. The Morgan fingerprint density at radius 1 is 1.29 bits per heavy atom. The zero-order valence-electron chi connectivity index (χ0n) is 11.7. The number of hydrogen-bond donors (Lipinski definition) is 2. The molecule has 1 amide bonds. The van der Waals surface area contributed by atoms with Gasteiger partial charge in [0.1, 0.15) is 18.2 Å². The second kappa shape index (κ2) is 6.74. The predicted molar refractivity (Wildman–Crippen MR) is 79.8 cm³/mol. The topological polar surface area (TPSA) is 64.3 Å². The molecule has 0 saturated carbocycles. The normalized spacial score (nSPS) is 10.2. The molecule has 0 fully saturated rings. The van der Waals surface area contributed by atoms with Gasteiger partial charge in [0.05, 0.1) is 12.1 Å². The highest BCUT2D eigenvalue weighted by atomic mass is 19.1. The molecule has 0 spiro atoms. The Morgan fingerprint density at radius 3 is 2.86 bits per heavy atom. The molecule has 5 heteroatoms. The smallest absolute Gasteiger partial charge is 0.253 e. The number of aryl methyl sites for hydroxylation is 1. The second-order valence-electron chi connectivity index (χ2n) is 4.65. The first-order chi connectivity index (χ1) is 10.1. The number of nitrogen functional groups attached to an aromatic ring is 1. The number of hydrogen-bond acceptors (Lipinski definition) is 3. The molecule has 0 bridgehead atoms. The Bertz CT molecular complexity index is 644. The quantitative estimate of drug-likeness (QED) is 0.656. The van der Waals surface area contributed by atoms with Gasteiger partial charge in [-0.1, -0.05) is 12.1 Å². The van der Waals surface area contributed by atoms with E-state index in [1.54, 1.807) is 0 Å². The zero-order valence-corrected chi connectivity index (χ0v) is 11.7. The third kappa shape index (κ3) is 4.21. The van der Waals surface area contributed by atoms with Crippen molar-refractivity contribution in [3.63, 3.8) is 0 Å². The third-order valence-corrected chi connectivity index (χ3v) is 2.91. The number of rotatable bonds is 5. The van der Waals surface area contributed by atoms with E-state index < -0.39 is 11.7 Å². The summed E-state index contributed by atoms with van der Waals surface area (Å²) < 4.78 is 18.6. The highest BCUT2D eigenvalue weighted by Gasteiger charge is 2.10. The van der Waals surface area contributed by atoms with Gasteiger partial charge >= 0.3 is 0 Å². The van der Waals surface area contributed by atoms with Crippen molar-refractivity contribution in [3.05, 3.63) is 59.4 Å². The van der Waals surface area contributed by atoms with E-state index in [0.717, 1.165) is 17.4 Å². The Balaban J connectivity index is 1.83. The summed E-state index contributed by atoms with van der Waals surface area (Å²) in [6, 6.07) is 11.3. The molecule has 0 aliphatic heterocycles. The van der Waals surface area contributed by atoms with Crippen molar-refractivity contribution in [1.82, 2.24) is 5.32 Å². The molecule has 3 N–H and O–H groups in total. The molecule has 0 aromatic heterocycles. The molecule has 2 rings (SSSR count). The fraction of sp³-hybridized carbons (Fsp3) is 0.188. The molecular formula is C16H17FN2O2. The number of nitrogens with one attached hydrogen (secondary N) is 1. The fourth-order valence-corrected chi connectivity index (χ4v) is 1.86. The lowest BCUT2D eigenvalue weighted by molar-refractivity contribution is 0.0947. The van der Waals surface area contributed by atoms with Gasteiger partial charge in [0.15, 0.2) is 0 Å². The minimum atomic E-state index is -0.495. The average Bonchev–Trinajstić information content (AvgIpc) is 2.46. The molecular weight excluding hydrogens is 271 g/mol.